The first-order valence-corrected chi connectivity index (χ1v) is 8.37. The summed E-state index contributed by atoms with van der Waals surface area (Å²) in [4.78, 5) is 12.3. The maximum atomic E-state index is 12.3. The number of aromatic nitrogens is 1. The quantitative estimate of drug-likeness (QED) is 0.666. The first-order valence-electron chi connectivity index (χ1n) is 7.58. The maximum absolute atomic E-state index is 12.3. The van der Waals surface area contributed by atoms with Crippen molar-refractivity contribution >= 4 is 44.2 Å². The molecule has 6 heteroatoms. The number of carbonyl (C=O) groups excluding carboxylic acids is 1. The average Bonchev–Trinajstić information content (AvgIpc) is 2.91. The molecule has 0 radical (unpaired) electrons. The molecular formula is C18H18BrN3O2. The average molecular weight is 388 g/mol. The van der Waals surface area contributed by atoms with Crippen LogP contribution >= 0.6 is 15.9 Å². The Morgan fingerprint density at radius 2 is 2.00 bits per heavy atom. The van der Waals surface area contributed by atoms with E-state index < -0.39 is 0 Å². The van der Waals surface area contributed by atoms with E-state index in [4.69, 9.17) is 4.74 Å². The Morgan fingerprint density at radius 1 is 1.17 bits per heavy atom. The van der Waals surface area contributed by atoms with Crippen molar-refractivity contribution < 1.29 is 9.53 Å². The molecule has 0 spiro atoms. The molecule has 0 fully saturated rings. The summed E-state index contributed by atoms with van der Waals surface area (Å²) < 4.78 is 8.14. The first kappa shape index (κ1) is 16.5. The van der Waals surface area contributed by atoms with Gasteiger partial charge in [0, 0.05) is 35.4 Å². The van der Waals surface area contributed by atoms with Crippen molar-refractivity contribution in [2.75, 3.05) is 24.4 Å². The molecular weight excluding hydrogens is 370 g/mol. The van der Waals surface area contributed by atoms with E-state index in [1.54, 1.807) is 7.11 Å². The molecule has 2 aromatic carbocycles. The highest BCUT2D eigenvalue weighted by molar-refractivity contribution is 9.10. The number of ether oxygens (including phenoxy) is 1. The number of fused-ring (bicyclic) bond motifs is 1. The molecule has 3 rings (SSSR count). The van der Waals surface area contributed by atoms with Crippen LogP contribution in [0.1, 0.15) is 0 Å². The summed E-state index contributed by atoms with van der Waals surface area (Å²) in [5.74, 6) is 0. The van der Waals surface area contributed by atoms with Crippen molar-refractivity contribution in [2.24, 2.45) is 0 Å². The second kappa shape index (κ2) is 7.51. The molecule has 0 unspecified atom stereocenters. The molecule has 2 N–H and O–H groups in total. The third-order valence-electron chi connectivity index (χ3n) is 3.66. The highest BCUT2D eigenvalue weighted by Gasteiger charge is 2.11. The zero-order valence-corrected chi connectivity index (χ0v) is 14.8. The van der Waals surface area contributed by atoms with Crippen molar-refractivity contribution in [2.45, 2.75) is 6.54 Å². The highest BCUT2D eigenvalue weighted by atomic mass is 79.9. The molecule has 0 atom stereocenters. The van der Waals surface area contributed by atoms with Gasteiger partial charge < -0.3 is 19.9 Å². The van der Waals surface area contributed by atoms with Crippen LogP contribution in [-0.2, 0) is 11.3 Å². The van der Waals surface area contributed by atoms with Gasteiger partial charge in [0.25, 0.3) is 0 Å². The van der Waals surface area contributed by atoms with E-state index in [1.165, 1.54) is 0 Å². The van der Waals surface area contributed by atoms with Crippen LogP contribution in [0.3, 0.4) is 0 Å². The fourth-order valence-corrected chi connectivity index (χ4v) is 2.97. The number of benzene rings is 2. The number of hydrogen-bond donors (Lipinski definition) is 2. The van der Waals surface area contributed by atoms with Gasteiger partial charge in [0.15, 0.2) is 0 Å². The van der Waals surface area contributed by atoms with E-state index in [1.807, 2.05) is 54.7 Å². The molecule has 0 saturated heterocycles. The molecule has 0 bridgehead atoms. The van der Waals surface area contributed by atoms with Gasteiger partial charge in [-0.25, -0.2) is 4.79 Å². The Morgan fingerprint density at radius 3 is 2.79 bits per heavy atom. The van der Waals surface area contributed by atoms with Crippen LogP contribution in [0.4, 0.5) is 16.2 Å². The fraction of sp³-hybridized carbons (Fsp3) is 0.167. The Labute approximate surface area is 148 Å². The number of anilines is 2. The number of nitrogens with zero attached hydrogens (tertiary/aromatic N) is 1. The van der Waals surface area contributed by atoms with E-state index in [0.717, 1.165) is 33.3 Å². The lowest BCUT2D eigenvalue weighted by Crippen LogP contribution is -2.19. The number of hydrogen-bond acceptors (Lipinski definition) is 2. The third-order valence-corrected chi connectivity index (χ3v) is 4.15. The van der Waals surface area contributed by atoms with Gasteiger partial charge in [-0.15, -0.1) is 0 Å². The van der Waals surface area contributed by atoms with Gasteiger partial charge in [-0.1, -0.05) is 40.2 Å². The number of carbonyl (C=O) groups is 1. The number of nitrogens with one attached hydrogen (secondary N) is 2. The third kappa shape index (κ3) is 3.77. The van der Waals surface area contributed by atoms with Crippen molar-refractivity contribution in [3.8, 4) is 0 Å². The van der Waals surface area contributed by atoms with E-state index in [2.05, 4.69) is 31.1 Å². The lowest BCUT2D eigenvalue weighted by Gasteiger charge is -2.07. The van der Waals surface area contributed by atoms with Gasteiger partial charge in [0.2, 0.25) is 0 Å². The number of para-hydroxylation sites is 1. The van der Waals surface area contributed by atoms with Crippen LogP contribution in [0.2, 0.25) is 0 Å². The molecule has 0 aliphatic carbocycles. The number of rotatable bonds is 5. The number of amides is 2. The van der Waals surface area contributed by atoms with Crippen LogP contribution in [0.25, 0.3) is 10.9 Å². The molecule has 0 aliphatic rings. The zero-order valence-electron chi connectivity index (χ0n) is 13.3. The molecule has 124 valence electrons. The Bertz CT molecular complexity index is 860. The summed E-state index contributed by atoms with van der Waals surface area (Å²) in [6, 6.07) is 15.2. The van der Waals surface area contributed by atoms with Crippen LogP contribution < -0.4 is 10.6 Å². The van der Waals surface area contributed by atoms with Gasteiger partial charge in [-0.2, -0.15) is 0 Å². The second-order valence-electron chi connectivity index (χ2n) is 5.34. The van der Waals surface area contributed by atoms with E-state index >= 15 is 0 Å². The van der Waals surface area contributed by atoms with Crippen LogP contribution in [0.5, 0.6) is 0 Å². The summed E-state index contributed by atoms with van der Waals surface area (Å²) in [6.45, 7) is 1.34. The predicted octanol–water partition coefficient (Wildman–Crippen LogP) is 4.69. The van der Waals surface area contributed by atoms with Crippen molar-refractivity contribution in [1.29, 1.82) is 0 Å². The van der Waals surface area contributed by atoms with Crippen molar-refractivity contribution in [1.82, 2.24) is 4.57 Å². The first-order chi connectivity index (χ1) is 11.7. The van der Waals surface area contributed by atoms with E-state index in [-0.39, 0.29) is 6.03 Å². The van der Waals surface area contributed by atoms with Crippen LogP contribution in [0.15, 0.2) is 59.2 Å². The second-order valence-corrected chi connectivity index (χ2v) is 6.25. The van der Waals surface area contributed by atoms with Gasteiger partial charge in [0.1, 0.15) is 0 Å². The Kier molecular flexibility index (Phi) is 5.17. The van der Waals surface area contributed by atoms with Gasteiger partial charge in [-0.05, 0) is 24.3 Å². The summed E-state index contributed by atoms with van der Waals surface area (Å²) in [5.41, 5.74) is 2.56. The SMILES string of the molecule is COCCn1cc(NC(=O)Nc2cccc(Br)c2)c2ccccc21. The van der Waals surface area contributed by atoms with Crippen molar-refractivity contribution in [3.05, 3.63) is 59.2 Å². The van der Waals surface area contributed by atoms with Gasteiger partial charge >= 0.3 is 6.03 Å². The van der Waals surface area contributed by atoms with Crippen molar-refractivity contribution in [3.63, 3.8) is 0 Å². The maximum Gasteiger partial charge on any atom is 0.323 e. The Hall–Kier alpha value is -2.31. The predicted molar refractivity (Wildman–Crippen MR) is 101 cm³/mol. The molecule has 0 saturated carbocycles. The lowest BCUT2D eigenvalue weighted by molar-refractivity contribution is 0.188. The summed E-state index contributed by atoms with van der Waals surface area (Å²) >= 11 is 3.39. The minimum absolute atomic E-state index is 0.275. The van der Waals surface area contributed by atoms with Crippen LogP contribution in [0, 0.1) is 0 Å². The topological polar surface area (TPSA) is 55.3 Å². The summed E-state index contributed by atoms with van der Waals surface area (Å²) in [6.07, 6.45) is 1.93. The smallest absolute Gasteiger partial charge is 0.323 e. The normalized spacial score (nSPS) is 10.8. The van der Waals surface area contributed by atoms with E-state index in [0.29, 0.717) is 6.61 Å². The standard InChI is InChI=1S/C18H18BrN3O2/c1-24-10-9-22-12-16(15-7-2-3-8-17(15)22)21-18(23)20-14-6-4-5-13(19)11-14/h2-8,11-12H,9-10H2,1H3,(H2,20,21,23). The molecule has 1 heterocycles. The molecule has 0 aliphatic heterocycles. The minimum Gasteiger partial charge on any atom is -0.383 e. The largest absolute Gasteiger partial charge is 0.383 e. The highest BCUT2D eigenvalue weighted by Crippen LogP contribution is 2.26. The number of halogens is 1. The van der Waals surface area contributed by atoms with E-state index in [9.17, 15) is 4.79 Å². The zero-order chi connectivity index (χ0) is 16.9. The summed E-state index contributed by atoms with van der Waals surface area (Å²) in [5, 5.41) is 6.76. The monoisotopic (exact) mass is 387 g/mol. The molecule has 5 nitrogen and oxygen atoms in total. The number of urea groups is 1. The minimum atomic E-state index is -0.275. The van der Waals surface area contributed by atoms with Gasteiger partial charge in [-0.3, -0.25) is 0 Å². The lowest BCUT2D eigenvalue weighted by atomic mass is 10.2. The molecule has 2 amide bonds. The Balaban J connectivity index is 1.80. The molecule has 3 aromatic rings. The molecule has 1 aromatic heterocycles. The summed E-state index contributed by atoms with van der Waals surface area (Å²) in [7, 11) is 1.68. The fourth-order valence-electron chi connectivity index (χ4n) is 2.57. The van der Waals surface area contributed by atoms with Gasteiger partial charge in [0.05, 0.1) is 17.8 Å². The molecule has 24 heavy (non-hydrogen) atoms. The number of methoxy groups -OCH3 is 1. The van der Waals surface area contributed by atoms with Crippen LogP contribution in [-0.4, -0.2) is 24.3 Å².